The van der Waals surface area contributed by atoms with E-state index in [0.29, 0.717) is 24.6 Å². The molecule has 1 aromatic rings. The molecule has 0 N–H and O–H groups in total. The van der Waals surface area contributed by atoms with Gasteiger partial charge in [-0.1, -0.05) is 6.07 Å². The Morgan fingerprint density at radius 2 is 2.05 bits per heavy atom. The quantitative estimate of drug-likeness (QED) is 0.622. The summed E-state index contributed by atoms with van der Waals surface area (Å²) in [6.07, 6.45) is 1.57. The molecule has 1 amide bonds. The number of hydrogen-bond acceptors (Lipinski definition) is 4. The standard InChI is InChI=1S/C15H16N2O3/c1-3-17(4-2)15(18)12(9-16)7-11-5-6-13-14(8-11)20-10-19-13/h5-8H,3-4,10H2,1-2H3/b12-7+. The molecule has 1 aromatic carbocycles. The van der Waals surface area contributed by atoms with E-state index in [0.717, 1.165) is 5.56 Å². The first-order chi connectivity index (χ1) is 9.69. The zero-order chi connectivity index (χ0) is 14.5. The zero-order valence-corrected chi connectivity index (χ0v) is 11.5. The van der Waals surface area contributed by atoms with Crippen molar-refractivity contribution in [1.82, 2.24) is 4.90 Å². The normalized spacial score (nSPS) is 12.9. The molecule has 0 radical (unpaired) electrons. The molecule has 0 aromatic heterocycles. The van der Waals surface area contributed by atoms with Gasteiger partial charge in [-0.3, -0.25) is 4.79 Å². The van der Waals surface area contributed by atoms with Crippen LogP contribution in [0.3, 0.4) is 0 Å². The molecule has 0 spiro atoms. The minimum atomic E-state index is -0.254. The van der Waals surface area contributed by atoms with Crippen molar-refractivity contribution in [2.24, 2.45) is 0 Å². The molecular formula is C15H16N2O3. The predicted molar refractivity (Wildman–Crippen MR) is 74.1 cm³/mol. The monoisotopic (exact) mass is 272 g/mol. The van der Waals surface area contributed by atoms with Crippen molar-refractivity contribution in [1.29, 1.82) is 5.26 Å². The number of carbonyl (C=O) groups excluding carboxylic acids is 1. The van der Waals surface area contributed by atoms with Crippen LogP contribution in [0, 0.1) is 11.3 Å². The van der Waals surface area contributed by atoms with E-state index in [2.05, 4.69) is 0 Å². The van der Waals surface area contributed by atoms with Crippen LogP contribution in [0.25, 0.3) is 6.08 Å². The van der Waals surface area contributed by atoms with E-state index in [1.165, 1.54) is 0 Å². The minimum absolute atomic E-state index is 0.118. The molecule has 0 aliphatic carbocycles. The smallest absolute Gasteiger partial charge is 0.264 e. The Balaban J connectivity index is 2.27. The summed E-state index contributed by atoms with van der Waals surface area (Å²) in [7, 11) is 0. The van der Waals surface area contributed by atoms with Gasteiger partial charge in [-0.15, -0.1) is 0 Å². The highest BCUT2D eigenvalue weighted by Crippen LogP contribution is 2.33. The molecule has 5 nitrogen and oxygen atoms in total. The average molecular weight is 272 g/mol. The maximum Gasteiger partial charge on any atom is 0.264 e. The van der Waals surface area contributed by atoms with Crippen LogP contribution >= 0.6 is 0 Å². The Hall–Kier alpha value is -2.48. The second-order valence-corrected chi connectivity index (χ2v) is 4.26. The Kier molecular flexibility index (Phi) is 4.26. The SMILES string of the molecule is CCN(CC)C(=O)/C(C#N)=C/c1ccc2c(c1)OCO2. The van der Waals surface area contributed by atoms with Gasteiger partial charge < -0.3 is 14.4 Å². The molecule has 1 aliphatic rings. The maximum atomic E-state index is 12.2. The molecule has 2 rings (SSSR count). The van der Waals surface area contributed by atoms with Gasteiger partial charge in [0.15, 0.2) is 11.5 Å². The lowest BCUT2D eigenvalue weighted by Crippen LogP contribution is -2.31. The summed E-state index contributed by atoms with van der Waals surface area (Å²) in [6, 6.07) is 7.29. The van der Waals surface area contributed by atoms with Crippen molar-refractivity contribution in [2.75, 3.05) is 19.9 Å². The molecule has 0 saturated carbocycles. The van der Waals surface area contributed by atoms with Gasteiger partial charge in [0, 0.05) is 13.1 Å². The highest BCUT2D eigenvalue weighted by molar-refractivity contribution is 6.01. The number of nitrogens with zero attached hydrogens (tertiary/aromatic N) is 2. The van der Waals surface area contributed by atoms with Crippen LogP contribution in [0.4, 0.5) is 0 Å². The third kappa shape index (κ3) is 2.75. The van der Waals surface area contributed by atoms with Crippen molar-refractivity contribution in [3.05, 3.63) is 29.3 Å². The predicted octanol–water partition coefficient (Wildman–Crippen LogP) is 2.19. The van der Waals surface area contributed by atoms with E-state index in [4.69, 9.17) is 14.7 Å². The molecular weight excluding hydrogens is 256 g/mol. The molecule has 0 fully saturated rings. The van der Waals surface area contributed by atoms with Crippen LogP contribution in [0.15, 0.2) is 23.8 Å². The topological polar surface area (TPSA) is 62.6 Å². The number of amides is 1. The van der Waals surface area contributed by atoms with Crippen LogP contribution in [0.1, 0.15) is 19.4 Å². The average Bonchev–Trinajstić information content (AvgIpc) is 2.93. The minimum Gasteiger partial charge on any atom is -0.454 e. The molecule has 1 heterocycles. The number of hydrogen-bond donors (Lipinski definition) is 0. The first-order valence-electron chi connectivity index (χ1n) is 6.50. The van der Waals surface area contributed by atoms with E-state index >= 15 is 0 Å². The molecule has 0 atom stereocenters. The maximum absolute atomic E-state index is 12.2. The summed E-state index contributed by atoms with van der Waals surface area (Å²) in [5.74, 6) is 1.05. The summed E-state index contributed by atoms with van der Waals surface area (Å²) < 4.78 is 10.5. The van der Waals surface area contributed by atoms with Crippen LogP contribution < -0.4 is 9.47 Å². The summed E-state index contributed by atoms with van der Waals surface area (Å²) in [6.45, 7) is 5.13. The summed E-state index contributed by atoms with van der Waals surface area (Å²) in [5, 5.41) is 9.17. The van der Waals surface area contributed by atoms with Gasteiger partial charge >= 0.3 is 0 Å². The molecule has 0 unspecified atom stereocenters. The van der Waals surface area contributed by atoms with Gasteiger partial charge in [-0.2, -0.15) is 5.26 Å². The Morgan fingerprint density at radius 3 is 2.70 bits per heavy atom. The van der Waals surface area contributed by atoms with Crippen LogP contribution in [-0.4, -0.2) is 30.7 Å². The number of ether oxygens (including phenoxy) is 2. The fraction of sp³-hybridized carbons (Fsp3) is 0.333. The number of fused-ring (bicyclic) bond motifs is 1. The second kappa shape index (κ2) is 6.11. The van der Waals surface area contributed by atoms with Gasteiger partial charge in [0.05, 0.1) is 0 Å². The molecule has 20 heavy (non-hydrogen) atoms. The first-order valence-corrected chi connectivity index (χ1v) is 6.50. The van der Waals surface area contributed by atoms with Gasteiger partial charge in [-0.05, 0) is 37.6 Å². The Bertz CT molecular complexity index is 583. The number of carbonyl (C=O) groups is 1. The van der Waals surface area contributed by atoms with E-state index in [-0.39, 0.29) is 18.3 Å². The van der Waals surface area contributed by atoms with E-state index in [9.17, 15) is 4.79 Å². The largest absolute Gasteiger partial charge is 0.454 e. The first kappa shape index (κ1) is 13.9. The van der Waals surface area contributed by atoms with E-state index < -0.39 is 0 Å². The van der Waals surface area contributed by atoms with Gasteiger partial charge in [0.2, 0.25) is 6.79 Å². The summed E-state index contributed by atoms with van der Waals surface area (Å²) >= 11 is 0. The molecule has 1 aliphatic heterocycles. The summed E-state index contributed by atoms with van der Waals surface area (Å²) in [5.41, 5.74) is 0.860. The number of rotatable bonds is 4. The lowest BCUT2D eigenvalue weighted by atomic mass is 10.1. The van der Waals surface area contributed by atoms with E-state index in [1.807, 2.05) is 19.9 Å². The van der Waals surface area contributed by atoms with Crippen LogP contribution in [-0.2, 0) is 4.79 Å². The highest BCUT2D eigenvalue weighted by Gasteiger charge is 2.17. The van der Waals surface area contributed by atoms with Crippen molar-refractivity contribution in [2.45, 2.75) is 13.8 Å². The number of nitriles is 1. The van der Waals surface area contributed by atoms with Crippen LogP contribution in [0.5, 0.6) is 11.5 Å². The Morgan fingerprint density at radius 1 is 1.35 bits per heavy atom. The fourth-order valence-electron chi connectivity index (χ4n) is 1.99. The van der Waals surface area contributed by atoms with Crippen molar-refractivity contribution < 1.29 is 14.3 Å². The van der Waals surface area contributed by atoms with E-state index in [1.54, 1.807) is 29.2 Å². The van der Waals surface area contributed by atoms with Crippen molar-refractivity contribution in [3.8, 4) is 17.6 Å². The lowest BCUT2D eigenvalue weighted by Gasteiger charge is -2.17. The second-order valence-electron chi connectivity index (χ2n) is 4.26. The van der Waals surface area contributed by atoms with Gasteiger partial charge in [0.25, 0.3) is 5.91 Å². The third-order valence-electron chi connectivity index (χ3n) is 3.11. The van der Waals surface area contributed by atoms with Crippen molar-refractivity contribution in [3.63, 3.8) is 0 Å². The lowest BCUT2D eigenvalue weighted by molar-refractivity contribution is -0.126. The number of benzene rings is 1. The van der Waals surface area contributed by atoms with Gasteiger partial charge in [0.1, 0.15) is 11.6 Å². The van der Waals surface area contributed by atoms with Crippen molar-refractivity contribution >= 4 is 12.0 Å². The summed E-state index contributed by atoms with van der Waals surface area (Å²) in [4.78, 5) is 13.8. The molecule has 5 heteroatoms. The highest BCUT2D eigenvalue weighted by atomic mass is 16.7. The Labute approximate surface area is 118 Å². The van der Waals surface area contributed by atoms with Gasteiger partial charge in [-0.25, -0.2) is 0 Å². The third-order valence-corrected chi connectivity index (χ3v) is 3.11. The van der Waals surface area contributed by atoms with Crippen LogP contribution in [0.2, 0.25) is 0 Å². The number of likely N-dealkylation sites (N-methyl/N-ethyl adjacent to an activating group) is 1. The molecule has 104 valence electrons. The fourth-order valence-corrected chi connectivity index (χ4v) is 1.99. The molecule has 0 bridgehead atoms. The zero-order valence-electron chi connectivity index (χ0n) is 11.5. The molecule has 0 saturated heterocycles.